The number of piperidine rings is 1. The first-order chi connectivity index (χ1) is 8.18. The van der Waals surface area contributed by atoms with Gasteiger partial charge >= 0.3 is 0 Å². The summed E-state index contributed by atoms with van der Waals surface area (Å²) in [5, 5.41) is 8.63. The molecule has 7 heteroatoms. The number of rotatable bonds is 2. The highest BCUT2D eigenvalue weighted by Crippen LogP contribution is 2.07. The zero-order chi connectivity index (χ0) is 12.3. The number of amides is 2. The van der Waals surface area contributed by atoms with E-state index in [1.165, 1.54) is 0 Å². The minimum Gasteiger partial charge on any atom is -0.375 e. The molecule has 104 valence electrons. The second-order valence-electron chi connectivity index (χ2n) is 4.50. The second-order valence-corrected chi connectivity index (χ2v) is 4.50. The zero-order valence-electron chi connectivity index (χ0n) is 10.4. The standard InChI is InChI=1S/C11H19N3O3.ClH/c1-7-9(12-5-6-17-7)11(16)14-8-3-2-4-13-10(8)15;/h7-9,12H,2-6H2,1H3,(H,13,15)(H,14,16);1H/t7-,8?,9+;/m1./s1. The Bertz CT molecular complexity index is 314. The molecule has 18 heavy (non-hydrogen) atoms. The lowest BCUT2D eigenvalue weighted by Crippen LogP contribution is -2.59. The molecule has 2 amide bonds. The van der Waals surface area contributed by atoms with Crippen molar-refractivity contribution in [2.45, 2.75) is 38.0 Å². The topological polar surface area (TPSA) is 79.5 Å². The van der Waals surface area contributed by atoms with E-state index in [1.807, 2.05) is 6.92 Å². The quantitative estimate of drug-likeness (QED) is 0.616. The summed E-state index contributed by atoms with van der Waals surface area (Å²) in [6.07, 6.45) is 1.45. The molecule has 2 rings (SSSR count). The van der Waals surface area contributed by atoms with Gasteiger partial charge in [0.15, 0.2) is 0 Å². The van der Waals surface area contributed by atoms with E-state index in [-0.39, 0.29) is 36.4 Å². The summed E-state index contributed by atoms with van der Waals surface area (Å²) in [4.78, 5) is 23.5. The first-order valence-corrected chi connectivity index (χ1v) is 6.11. The van der Waals surface area contributed by atoms with E-state index in [4.69, 9.17) is 4.74 Å². The number of hydrogen-bond donors (Lipinski definition) is 3. The number of hydrogen-bond acceptors (Lipinski definition) is 4. The van der Waals surface area contributed by atoms with Crippen LogP contribution in [-0.4, -0.2) is 49.7 Å². The van der Waals surface area contributed by atoms with Crippen molar-refractivity contribution in [1.29, 1.82) is 0 Å². The molecule has 2 aliphatic rings. The van der Waals surface area contributed by atoms with Crippen LogP contribution in [0, 0.1) is 0 Å². The molecule has 2 aliphatic heterocycles. The number of carbonyl (C=O) groups is 2. The van der Waals surface area contributed by atoms with Crippen LogP contribution in [0.1, 0.15) is 19.8 Å². The molecule has 0 aromatic rings. The van der Waals surface area contributed by atoms with E-state index in [0.29, 0.717) is 26.1 Å². The molecule has 1 unspecified atom stereocenters. The van der Waals surface area contributed by atoms with Gasteiger partial charge in [-0.3, -0.25) is 9.59 Å². The highest BCUT2D eigenvalue weighted by atomic mass is 35.5. The Morgan fingerprint density at radius 2 is 2.22 bits per heavy atom. The highest BCUT2D eigenvalue weighted by molar-refractivity contribution is 5.90. The van der Waals surface area contributed by atoms with Crippen molar-refractivity contribution in [2.75, 3.05) is 19.7 Å². The Kier molecular flexibility index (Phi) is 5.84. The van der Waals surface area contributed by atoms with Gasteiger partial charge < -0.3 is 20.7 Å². The Morgan fingerprint density at radius 1 is 1.44 bits per heavy atom. The minimum absolute atomic E-state index is 0. The predicted octanol–water partition coefficient (Wildman–Crippen LogP) is -0.820. The van der Waals surface area contributed by atoms with Crippen molar-refractivity contribution >= 4 is 24.2 Å². The van der Waals surface area contributed by atoms with Gasteiger partial charge in [0.2, 0.25) is 11.8 Å². The van der Waals surface area contributed by atoms with E-state index < -0.39 is 6.04 Å². The molecule has 0 spiro atoms. The number of nitrogens with one attached hydrogen (secondary N) is 3. The first-order valence-electron chi connectivity index (χ1n) is 6.11. The number of carbonyl (C=O) groups excluding carboxylic acids is 2. The molecule has 2 saturated heterocycles. The fraction of sp³-hybridized carbons (Fsp3) is 0.818. The largest absolute Gasteiger partial charge is 0.375 e. The summed E-state index contributed by atoms with van der Waals surface area (Å²) < 4.78 is 5.40. The Labute approximate surface area is 113 Å². The Hall–Kier alpha value is -0.850. The summed E-state index contributed by atoms with van der Waals surface area (Å²) in [6, 6.07) is -0.759. The van der Waals surface area contributed by atoms with Crippen LogP contribution in [0.3, 0.4) is 0 Å². The molecule has 0 bridgehead atoms. The molecule has 2 heterocycles. The van der Waals surface area contributed by atoms with Gasteiger partial charge in [-0.2, -0.15) is 0 Å². The summed E-state index contributed by atoms with van der Waals surface area (Å²) >= 11 is 0. The van der Waals surface area contributed by atoms with Gasteiger partial charge in [0, 0.05) is 13.1 Å². The maximum absolute atomic E-state index is 12.0. The second kappa shape index (κ2) is 6.92. The van der Waals surface area contributed by atoms with Crippen LogP contribution < -0.4 is 16.0 Å². The molecule has 3 atom stereocenters. The van der Waals surface area contributed by atoms with Crippen LogP contribution >= 0.6 is 12.4 Å². The van der Waals surface area contributed by atoms with Gasteiger partial charge in [0.1, 0.15) is 12.1 Å². The maximum Gasteiger partial charge on any atom is 0.242 e. The number of halogens is 1. The average Bonchev–Trinajstić information content (AvgIpc) is 2.32. The molecular weight excluding hydrogens is 258 g/mol. The fourth-order valence-corrected chi connectivity index (χ4v) is 2.20. The van der Waals surface area contributed by atoms with E-state index >= 15 is 0 Å². The van der Waals surface area contributed by atoms with E-state index in [1.54, 1.807) is 0 Å². The highest BCUT2D eigenvalue weighted by Gasteiger charge is 2.31. The molecule has 0 aliphatic carbocycles. The van der Waals surface area contributed by atoms with Gasteiger partial charge in [-0.25, -0.2) is 0 Å². The Balaban J connectivity index is 0.00000162. The van der Waals surface area contributed by atoms with Gasteiger partial charge in [-0.05, 0) is 19.8 Å². The van der Waals surface area contributed by atoms with Crippen molar-refractivity contribution in [1.82, 2.24) is 16.0 Å². The van der Waals surface area contributed by atoms with Crippen molar-refractivity contribution in [3.63, 3.8) is 0 Å². The molecule has 0 aromatic carbocycles. The van der Waals surface area contributed by atoms with Crippen LogP contribution in [0.2, 0.25) is 0 Å². The Morgan fingerprint density at radius 3 is 2.89 bits per heavy atom. The van der Waals surface area contributed by atoms with Crippen LogP contribution in [-0.2, 0) is 14.3 Å². The van der Waals surface area contributed by atoms with Crippen molar-refractivity contribution in [2.24, 2.45) is 0 Å². The lowest BCUT2D eigenvalue weighted by Gasteiger charge is -2.31. The SMILES string of the molecule is C[C@H]1OCCN[C@@H]1C(=O)NC1CCCNC1=O.Cl. The molecule has 2 fully saturated rings. The van der Waals surface area contributed by atoms with E-state index in [2.05, 4.69) is 16.0 Å². The van der Waals surface area contributed by atoms with E-state index in [0.717, 1.165) is 6.42 Å². The minimum atomic E-state index is -0.396. The number of morpholine rings is 1. The predicted molar refractivity (Wildman–Crippen MR) is 68.6 cm³/mol. The van der Waals surface area contributed by atoms with Gasteiger partial charge in [0.05, 0.1) is 12.7 Å². The third-order valence-electron chi connectivity index (χ3n) is 3.20. The molecular formula is C11H20ClN3O3. The van der Waals surface area contributed by atoms with Crippen LogP contribution in [0.5, 0.6) is 0 Å². The van der Waals surface area contributed by atoms with Crippen molar-refractivity contribution in [3.05, 3.63) is 0 Å². The average molecular weight is 278 g/mol. The van der Waals surface area contributed by atoms with Crippen molar-refractivity contribution in [3.8, 4) is 0 Å². The summed E-state index contributed by atoms with van der Waals surface area (Å²) in [6.45, 7) is 3.85. The van der Waals surface area contributed by atoms with Crippen molar-refractivity contribution < 1.29 is 14.3 Å². The molecule has 0 aromatic heterocycles. The van der Waals surface area contributed by atoms with Crippen LogP contribution in [0.15, 0.2) is 0 Å². The van der Waals surface area contributed by atoms with Gasteiger partial charge in [-0.15, -0.1) is 12.4 Å². The van der Waals surface area contributed by atoms with Gasteiger partial charge in [0.25, 0.3) is 0 Å². The molecule has 6 nitrogen and oxygen atoms in total. The molecule has 3 N–H and O–H groups in total. The van der Waals surface area contributed by atoms with Crippen LogP contribution in [0.4, 0.5) is 0 Å². The monoisotopic (exact) mass is 277 g/mol. The van der Waals surface area contributed by atoms with Crippen LogP contribution in [0.25, 0.3) is 0 Å². The number of ether oxygens (including phenoxy) is 1. The molecule has 0 saturated carbocycles. The third-order valence-corrected chi connectivity index (χ3v) is 3.20. The summed E-state index contributed by atoms with van der Waals surface area (Å²) in [5.74, 6) is -0.242. The summed E-state index contributed by atoms with van der Waals surface area (Å²) in [7, 11) is 0. The fourth-order valence-electron chi connectivity index (χ4n) is 2.20. The van der Waals surface area contributed by atoms with Gasteiger partial charge in [-0.1, -0.05) is 0 Å². The smallest absolute Gasteiger partial charge is 0.242 e. The zero-order valence-corrected chi connectivity index (χ0v) is 11.2. The normalized spacial score (nSPS) is 32.1. The lowest BCUT2D eigenvalue weighted by atomic mass is 10.0. The lowest BCUT2D eigenvalue weighted by molar-refractivity contribution is -0.134. The molecule has 0 radical (unpaired) electrons. The van der Waals surface area contributed by atoms with E-state index in [9.17, 15) is 9.59 Å². The summed E-state index contributed by atoms with van der Waals surface area (Å²) in [5.41, 5.74) is 0. The maximum atomic E-state index is 12.0. The first kappa shape index (κ1) is 15.2. The third kappa shape index (κ3) is 3.57.